The van der Waals surface area contributed by atoms with Crippen molar-refractivity contribution in [2.45, 2.75) is 17.8 Å². The van der Waals surface area contributed by atoms with Crippen LogP contribution in [0, 0.1) is 0 Å². The van der Waals surface area contributed by atoms with Crippen LogP contribution in [-0.2, 0) is 20.8 Å². The Morgan fingerprint density at radius 2 is 2.22 bits per heavy atom. The predicted molar refractivity (Wildman–Crippen MR) is 108 cm³/mol. The highest BCUT2D eigenvalue weighted by Gasteiger charge is 2.54. The summed E-state index contributed by atoms with van der Waals surface area (Å²) in [5.41, 5.74) is 7.07. The minimum absolute atomic E-state index is 0.0490. The number of hydrogen-bond acceptors (Lipinski definition) is 9. The normalized spacial score (nSPS) is 21.7. The first-order valence-electron chi connectivity index (χ1n) is 7.76. The van der Waals surface area contributed by atoms with Crippen LogP contribution in [0.2, 0.25) is 0 Å². The molecule has 2 aliphatic heterocycles. The van der Waals surface area contributed by atoms with Crippen LogP contribution < -0.4 is 11.1 Å². The highest BCUT2D eigenvalue weighted by Crippen LogP contribution is 2.44. The molecular formula is C15H13N5O3S4. The molecule has 12 heteroatoms. The molecule has 8 nitrogen and oxygen atoms in total. The third kappa shape index (κ3) is 3.37. The Kier molecular flexibility index (Phi) is 4.97. The van der Waals surface area contributed by atoms with Crippen LogP contribution in [-0.4, -0.2) is 49.0 Å². The fraction of sp³-hybridized carbons (Fsp3) is 0.267. The van der Waals surface area contributed by atoms with Crippen molar-refractivity contribution in [1.29, 1.82) is 0 Å². The lowest BCUT2D eigenvalue weighted by Gasteiger charge is -2.49. The molecule has 2 aromatic rings. The maximum Gasteiger partial charge on any atom is 0.253 e. The average Bonchev–Trinajstić information content (AvgIpc) is 3.30. The molecule has 1 fully saturated rings. The van der Waals surface area contributed by atoms with Gasteiger partial charge in [0.25, 0.3) is 5.91 Å². The van der Waals surface area contributed by atoms with Gasteiger partial charge in [-0.3, -0.25) is 19.3 Å². The summed E-state index contributed by atoms with van der Waals surface area (Å²) in [6.45, 7) is 0. The van der Waals surface area contributed by atoms with Crippen molar-refractivity contribution in [1.82, 2.24) is 20.2 Å². The molecule has 2 aromatic heterocycles. The smallest absolute Gasteiger partial charge is 0.253 e. The molecule has 0 aromatic carbocycles. The summed E-state index contributed by atoms with van der Waals surface area (Å²) in [7, 11) is 0. The van der Waals surface area contributed by atoms with Crippen molar-refractivity contribution in [3.05, 3.63) is 33.4 Å². The van der Waals surface area contributed by atoms with Crippen molar-refractivity contribution in [2.75, 3.05) is 11.5 Å². The number of nitrogens with two attached hydrogens (primary N) is 1. The lowest BCUT2D eigenvalue weighted by Crippen LogP contribution is -2.70. The first-order chi connectivity index (χ1) is 13.0. The first kappa shape index (κ1) is 18.5. The molecule has 2 atom stereocenters. The second-order valence-corrected chi connectivity index (χ2v) is 9.07. The van der Waals surface area contributed by atoms with Gasteiger partial charge >= 0.3 is 0 Å². The van der Waals surface area contributed by atoms with Crippen molar-refractivity contribution in [3.8, 4) is 0 Å². The van der Waals surface area contributed by atoms with E-state index >= 15 is 0 Å². The maximum absolute atomic E-state index is 12.6. The number of carbonyl (C=O) groups is 3. The minimum atomic E-state index is -0.681. The Labute approximate surface area is 171 Å². The lowest BCUT2D eigenvalue weighted by atomic mass is 10.0. The van der Waals surface area contributed by atoms with E-state index in [1.54, 1.807) is 11.6 Å². The molecule has 0 radical (unpaired) electrons. The van der Waals surface area contributed by atoms with E-state index in [4.69, 9.17) is 5.73 Å². The van der Waals surface area contributed by atoms with Gasteiger partial charge in [0.2, 0.25) is 11.0 Å². The summed E-state index contributed by atoms with van der Waals surface area (Å²) < 4.78 is 0. The number of rotatable bonds is 5. The zero-order chi connectivity index (χ0) is 19.1. The molecule has 4 rings (SSSR count). The van der Waals surface area contributed by atoms with Gasteiger partial charge in [-0.1, -0.05) is 12.6 Å². The van der Waals surface area contributed by atoms with Crippen LogP contribution in [0.1, 0.15) is 10.7 Å². The Hall–Kier alpha value is -1.89. The molecule has 2 amide bonds. The zero-order valence-corrected chi connectivity index (χ0v) is 17.0. The van der Waals surface area contributed by atoms with Gasteiger partial charge in [0.15, 0.2) is 5.13 Å². The summed E-state index contributed by atoms with van der Waals surface area (Å²) in [6.07, 6.45) is 1.70. The van der Waals surface area contributed by atoms with E-state index in [0.29, 0.717) is 27.2 Å². The summed E-state index contributed by atoms with van der Waals surface area (Å²) >= 11 is 8.09. The van der Waals surface area contributed by atoms with Crippen LogP contribution in [0.5, 0.6) is 0 Å². The molecule has 27 heavy (non-hydrogen) atoms. The van der Waals surface area contributed by atoms with Crippen LogP contribution in [0.25, 0.3) is 5.57 Å². The van der Waals surface area contributed by atoms with Gasteiger partial charge in [-0.15, -0.1) is 34.4 Å². The van der Waals surface area contributed by atoms with Crippen LogP contribution in [0.3, 0.4) is 0 Å². The Bertz CT molecular complexity index is 955. The van der Waals surface area contributed by atoms with Crippen molar-refractivity contribution in [3.63, 3.8) is 0 Å². The summed E-state index contributed by atoms with van der Waals surface area (Å²) in [6, 6.07) is -0.681. The first-order valence-corrected chi connectivity index (χ1v) is 11.0. The summed E-state index contributed by atoms with van der Waals surface area (Å²) in [4.78, 5) is 46.7. The molecule has 4 heterocycles. The van der Waals surface area contributed by atoms with Crippen LogP contribution in [0.15, 0.2) is 22.7 Å². The number of β-lactam (4-membered cyclic amide) rings is 1. The second-order valence-electron chi connectivity index (χ2n) is 5.78. The number of nitrogens with zero attached hydrogens (tertiary/aromatic N) is 3. The predicted octanol–water partition coefficient (Wildman–Crippen LogP) is 0.992. The molecule has 0 unspecified atom stereocenters. The highest BCUT2D eigenvalue weighted by atomic mass is 32.2. The van der Waals surface area contributed by atoms with E-state index in [2.05, 4.69) is 27.9 Å². The van der Waals surface area contributed by atoms with E-state index in [9.17, 15) is 14.4 Å². The number of thioether (sulfide) groups is 1. The largest absolute Gasteiger partial charge is 0.375 e. The number of anilines is 1. The second kappa shape index (κ2) is 7.26. The number of thiazole rings is 2. The van der Waals surface area contributed by atoms with Gasteiger partial charge in [0.1, 0.15) is 22.1 Å². The van der Waals surface area contributed by atoms with Gasteiger partial charge in [-0.2, -0.15) is 0 Å². The van der Waals surface area contributed by atoms with Crippen LogP contribution >= 0.6 is 47.1 Å². The average molecular weight is 440 g/mol. The highest BCUT2D eigenvalue weighted by molar-refractivity contribution is 8.00. The molecule has 1 saturated heterocycles. The lowest BCUT2D eigenvalue weighted by molar-refractivity contribution is -0.146. The van der Waals surface area contributed by atoms with Gasteiger partial charge in [-0.25, -0.2) is 9.97 Å². The van der Waals surface area contributed by atoms with Crippen molar-refractivity contribution in [2.24, 2.45) is 0 Å². The number of carbonyl (C=O) groups excluding carboxylic acids is 3. The summed E-state index contributed by atoms with van der Waals surface area (Å²) in [5, 5.41) is 6.52. The fourth-order valence-corrected chi connectivity index (χ4v) is 5.87. The van der Waals surface area contributed by atoms with E-state index in [1.807, 2.05) is 5.38 Å². The Morgan fingerprint density at radius 1 is 1.41 bits per heavy atom. The number of nitrogen functional groups attached to an aromatic ring is 1. The molecule has 0 aliphatic carbocycles. The van der Waals surface area contributed by atoms with Crippen LogP contribution in [0.4, 0.5) is 5.13 Å². The topological polar surface area (TPSA) is 118 Å². The van der Waals surface area contributed by atoms with E-state index < -0.39 is 11.2 Å². The molecular weight excluding hydrogens is 426 g/mol. The van der Waals surface area contributed by atoms with Gasteiger partial charge < -0.3 is 11.1 Å². The standard InChI is InChI=1S/C15H13N5O3S4/c16-15-18-6(4-27-15)3-8(21)19-9-12(22)20-10(14(23)24)7(5-26-13(9)20)11-17-1-2-25-11/h1-2,4,9,13H,3,5H2,(H2,16,18)(H,19,21)(H,23,24)/t9-,13-/m1/s1. The van der Waals surface area contributed by atoms with Gasteiger partial charge in [0, 0.05) is 28.3 Å². The number of nitrogens with one attached hydrogen (secondary N) is 1. The maximum atomic E-state index is 12.6. The number of fused-ring (bicyclic) bond motifs is 1. The molecule has 0 spiro atoms. The van der Waals surface area contributed by atoms with Crippen molar-refractivity contribution < 1.29 is 14.4 Å². The van der Waals surface area contributed by atoms with Gasteiger partial charge in [-0.05, 0) is 0 Å². The minimum Gasteiger partial charge on any atom is -0.375 e. The Morgan fingerprint density at radius 3 is 2.85 bits per heavy atom. The van der Waals surface area contributed by atoms with E-state index in [0.717, 1.165) is 0 Å². The Balaban J connectivity index is 1.51. The van der Waals surface area contributed by atoms with Crippen molar-refractivity contribution >= 4 is 74.7 Å². The number of thiol groups is 1. The number of amides is 2. The number of hydrogen-bond donors (Lipinski definition) is 3. The quantitative estimate of drug-likeness (QED) is 0.470. The molecule has 140 valence electrons. The van der Waals surface area contributed by atoms with Gasteiger partial charge in [0.05, 0.1) is 12.1 Å². The number of aromatic nitrogens is 2. The fourth-order valence-electron chi connectivity index (χ4n) is 2.95. The SMILES string of the molecule is Nc1nc(CC(=O)N[C@@H]2C(=O)N3C(C(=O)S)=C(c4nccs4)CS[C@H]23)cs1. The summed E-state index contributed by atoms with van der Waals surface area (Å²) in [5.74, 6) is -0.129. The third-order valence-electron chi connectivity index (χ3n) is 4.09. The van der Waals surface area contributed by atoms with E-state index in [1.165, 1.54) is 39.3 Å². The van der Waals surface area contributed by atoms with E-state index in [-0.39, 0.29) is 29.3 Å². The molecule has 3 N–H and O–H groups in total. The molecule has 0 bridgehead atoms. The molecule has 2 aliphatic rings. The third-order valence-corrected chi connectivity index (χ3v) is 7.14. The monoisotopic (exact) mass is 439 g/mol. The molecule has 0 saturated carbocycles. The zero-order valence-electron chi connectivity index (χ0n) is 13.6.